The average Bonchev–Trinajstić information content (AvgIpc) is 3.45. The van der Waals surface area contributed by atoms with Gasteiger partial charge < -0.3 is 24.8 Å². The smallest absolute Gasteiger partial charge is 0.310 e. The summed E-state index contributed by atoms with van der Waals surface area (Å²) in [7, 11) is 0. The zero-order valence-electron chi connectivity index (χ0n) is 16.4. The van der Waals surface area contributed by atoms with Crippen LogP contribution in [0.3, 0.4) is 0 Å². The third-order valence-electron chi connectivity index (χ3n) is 7.28. The van der Waals surface area contributed by atoms with Crippen molar-refractivity contribution in [1.29, 1.82) is 0 Å². The zero-order chi connectivity index (χ0) is 20.2. The van der Waals surface area contributed by atoms with E-state index in [-0.39, 0.29) is 24.0 Å². The molecule has 3 saturated heterocycles. The number of nitrogens with one attached hydrogen (secondary N) is 1. The first kappa shape index (κ1) is 19.1. The zero-order valence-corrected chi connectivity index (χ0v) is 16.4. The van der Waals surface area contributed by atoms with Gasteiger partial charge in [-0.1, -0.05) is 31.4 Å². The van der Waals surface area contributed by atoms with Crippen LogP contribution >= 0.6 is 0 Å². The highest BCUT2D eigenvalue weighted by Gasteiger charge is 2.73. The summed E-state index contributed by atoms with van der Waals surface area (Å²) in [5.74, 6) is -3.40. The van der Waals surface area contributed by atoms with E-state index in [1.807, 2.05) is 0 Å². The molecule has 0 aromatic rings. The minimum Gasteiger partial charge on any atom is -0.481 e. The van der Waals surface area contributed by atoms with Gasteiger partial charge in [0.1, 0.15) is 17.6 Å². The predicted octanol–water partition coefficient (Wildman–Crippen LogP) is 0.849. The van der Waals surface area contributed by atoms with E-state index in [4.69, 9.17) is 9.47 Å². The minimum atomic E-state index is -1.19. The lowest BCUT2D eigenvalue weighted by atomic mass is 9.74. The van der Waals surface area contributed by atoms with Crippen molar-refractivity contribution < 1.29 is 29.0 Å². The van der Waals surface area contributed by atoms with E-state index >= 15 is 0 Å². The van der Waals surface area contributed by atoms with Crippen LogP contribution in [0, 0.1) is 11.8 Å². The second-order valence-corrected chi connectivity index (χ2v) is 9.01. The fraction of sp³-hybridized carbons (Fsp3) is 0.762. The molecule has 6 unspecified atom stereocenters. The molecule has 1 aliphatic carbocycles. The molecule has 1 saturated carbocycles. The largest absolute Gasteiger partial charge is 0.481 e. The van der Waals surface area contributed by atoms with Crippen LogP contribution in [0.4, 0.5) is 0 Å². The predicted molar refractivity (Wildman–Crippen MR) is 101 cm³/mol. The maximum Gasteiger partial charge on any atom is 0.310 e. The van der Waals surface area contributed by atoms with E-state index in [0.717, 1.165) is 38.5 Å². The topological polar surface area (TPSA) is 105 Å². The Bertz CT molecular complexity index is 741. The van der Waals surface area contributed by atoms with Crippen molar-refractivity contribution in [2.45, 2.75) is 74.8 Å². The molecule has 4 heterocycles. The van der Waals surface area contributed by atoms with Crippen LogP contribution in [-0.4, -0.2) is 70.8 Å². The Morgan fingerprint density at radius 2 is 2.00 bits per heavy atom. The summed E-state index contributed by atoms with van der Waals surface area (Å²) in [6, 6.07) is -0.749. The summed E-state index contributed by atoms with van der Waals surface area (Å²) in [5.41, 5.74) is -1.19. The molecule has 2 amide bonds. The molecule has 8 heteroatoms. The summed E-state index contributed by atoms with van der Waals surface area (Å²) >= 11 is 0. The third-order valence-corrected chi connectivity index (χ3v) is 7.28. The molecule has 4 aliphatic heterocycles. The molecule has 0 aromatic carbocycles. The minimum absolute atomic E-state index is 0.101. The Kier molecular flexibility index (Phi) is 4.66. The normalized spacial score (nSPS) is 41.2. The van der Waals surface area contributed by atoms with Crippen LogP contribution in [0.2, 0.25) is 0 Å². The number of ether oxygens (including phenoxy) is 2. The van der Waals surface area contributed by atoms with E-state index in [0.29, 0.717) is 13.2 Å². The molecule has 2 bridgehead atoms. The van der Waals surface area contributed by atoms with Crippen molar-refractivity contribution in [2.75, 3.05) is 13.2 Å². The van der Waals surface area contributed by atoms with Crippen LogP contribution in [0.25, 0.3) is 0 Å². The fourth-order valence-corrected chi connectivity index (χ4v) is 5.98. The molecule has 5 rings (SSSR count). The van der Waals surface area contributed by atoms with Gasteiger partial charge in [0.15, 0.2) is 0 Å². The monoisotopic (exact) mass is 404 g/mol. The Morgan fingerprint density at radius 3 is 2.69 bits per heavy atom. The maximum absolute atomic E-state index is 13.4. The number of nitrogens with zero attached hydrogens (tertiary/aromatic N) is 1. The molecule has 0 radical (unpaired) electrons. The van der Waals surface area contributed by atoms with Crippen LogP contribution < -0.4 is 5.32 Å². The third kappa shape index (κ3) is 2.91. The van der Waals surface area contributed by atoms with Crippen LogP contribution in [0.5, 0.6) is 0 Å². The number of fused-ring (bicyclic) bond motifs is 1. The van der Waals surface area contributed by atoms with Crippen molar-refractivity contribution in [1.82, 2.24) is 10.2 Å². The van der Waals surface area contributed by atoms with Crippen molar-refractivity contribution in [3.8, 4) is 0 Å². The second kappa shape index (κ2) is 7.09. The Hall–Kier alpha value is -1.93. The van der Waals surface area contributed by atoms with E-state index in [9.17, 15) is 19.5 Å². The second-order valence-electron chi connectivity index (χ2n) is 9.01. The number of hydrogen-bond acceptors (Lipinski definition) is 5. The van der Waals surface area contributed by atoms with Crippen molar-refractivity contribution in [3.05, 3.63) is 12.2 Å². The van der Waals surface area contributed by atoms with Crippen molar-refractivity contribution >= 4 is 17.8 Å². The highest BCUT2D eigenvalue weighted by Crippen LogP contribution is 2.55. The van der Waals surface area contributed by atoms with E-state index in [1.54, 1.807) is 17.1 Å². The van der Waals surface area contributed by atoms with Crippen LogP contribution in [-0.2, 0) is 23.9 Å². The first-order chi connectivity index (χ1) is 14.0. The summed E-state index contributed by atoms with van der Waals surface area (Å²) in [6.45, 7) is 0.949. The summed E-state index contributed by atoms with van der Waals surface area (Å²) in [6.07, 6.45) is 9.68. The van der Waals surface area contributed by atoms with E-state index in [1.165, 1.54) is 6.42 Å². The molecule has 158 valence electrons. The number of amides is 2. The Labute approximate surface area is 169 Å². The van der Waals surface area contributed by atoms with E-state index in [2.05, 4.69) is 5.32 Å². The van der Waals surface area contributed by atoms with Gasteiger partial charge in [-0.2, -0.15) is 0 Å². The number of carbonyl (C=O) groups excluding carboxylic acids is 2. The molecular weight excluding hydrogens is 376 g/mol. The highest BCUT2D eigenvalue weighted by molar-refractivity contribution is 5.99. The number of carboxylic acids is 1. The maximum atomic E-state index is 13.4. The number of likely N-dealkylation sites (tertiary alicyclic amines) is 1. The van der Waals surface area contributed by atoms with Crippen LogP contribution in [0.15, 0.2) is 12.2 Å². The van der Waals surface area contributed by atoms with Gasteiger partial charge in [0.25, 0.3) is 0 Å². The molecule has 29 heavy (non-hydrogen) atoms. The van der Waals surface area contributed by atoms with Gasteiger partial charge in [0, 0.05) is 19.2 Å². The summed E-state index contributed by atoms with van der Waals surface area (Å²) in [5, 5.41) is 12.9. The quantitative estimate of drug-likeness (QED) is 0.658. The summed E-state index contributed by atoms with van der Waals surface area (Å²) in [4.78, 5) is 40.3. The molecule has 1 spiro atoms. The number of carboxylic acid groups (broad SMARTS) is 1. The standard InChI is InChI=1S/C21H28N2O6/c24-18(22-12-5-2-1-3-6-12)17-21-9-8-14(29-21)15(20(26)27)16(21)19(25)23(17)11-13-7-4-10-28-13/h8-9,12-17H,1-7,10-11H2,(H,22,24)(H,26,27). The first-order valence-corrected chi connectivity index (χ1v) is 10.8. The van der Waals surface area contributed by atoms with Gasteiger partial charge in [-0.3, -0.25) is 14.4 Å². The molecule has 2 N–H and O–H groups in total. The lowest BCUT2D eigenvalue weighted by Gasteiger charge is -2.34. The Morgan fingerprint density at radius 1 is 1.21 bits per heavy atom. The molecule has 8 nitrogen and oxygen atoms in total. The van der Waals surface area contributed by atoms with Crippen molar-refractivity contribution in [2.24, 2.45) is 11.8 Å². The molecule has 4 fully saturated rings. The van der Waals surface area contributed by atoms with Gasteiger partial charge in [-0.05, 0) is 25.7 Å². The lowest BCUT2D eigenvalue weighted by molar-refractivity contribution is -0.149. The molecule has 5 aliphatic rings. The molecule has 0 aromatic heterocycles. The van der Waals surface area contributed by atoms with Gasteiger partial charge in [-0.15, -0.1) is 0 Å². The fourth-order valence-electron chi connectivity index (χ4n) is 5.98. The first-order valence-electron chi connectivity index (χ1n) is 10.8. The Balaban J connectivity index is 1.46. The summed E-state index contributed by atoms with van der Waals surface area (Å²) < 4.78 is 11.8. The van der Waals surface area contributed by atoms with E-state index < -0.39 is 35.6 Å². The van der Waals surface area contributed by atoms with Gasteiger partial charge in [0.05, 0.1) is 18.1 Å². The average molecular weight is 404 g/mol. The number of carbonyl (C=O) groups is 3. The lowest BCUT2D eigenvalue weighted by Crippen LogP contribution is -2.57. The molecule has 6 atom stereocenters. The number of aliphatic carboxylic acids is 1. The number of hydrogen-bond donors (Lipinski definition) is 2. The van der Waals surface area contributed by atoms with Gasteiger partial charge >= 0.3 is 5.97 Å². The van der Waals surface area contributed by atoms with Gasteiger partial charge in [0.2, 0.25) is 11.8 Å². The van der Waals surface area contributed by atoms with Gasteiger partial charge in [-0.25, -0.2) is 0 Å². The van der Waals surface area contributed by atoms with Crippen molar-refractivity contribution in [3.63, 3.8) is 0 Å². The number of rotatable bonds is 5. The van der Waals surface area contributed by atoms with Crippen LogP contribution in [0.1, 0.15) is 44.9 Å². The molecular formula is C21H28N2O6. The SMILES string of the molecule is O=C(O)C1C2C=CC3(O2)C1C(=O)N(CC1CCCO1)C3C(=O)NC1CCCCC1. The highest BCUT2D eigenvalue weighted by atomic mass is 16.5.